The Morgan fingerprint density at radius 3 is 1.92 bits per heavy atom. The minimum Gasteiger partial charge on any atom is -0.305 e. The lowest BCUT2D eigenvalue weighted by Crippen LogP contribution is -2.56. The van der Waals surface area contributed by atoms with Crippen LogP contribution in [-0.2, 0) is 0 Å². The summed E-state index contributed by atoms with van der Waals surface area (Å²) in [5.41, 5.74) is 0.274. The second kappa shape index (κ2) is 2.41. The highest BCUT2D eigenvalue weighted by molar-refractivity contribution is 4.98. The van der Waals surface area contributed by atoms with Crippen LogP contribution < -0.4 is 0 Å². The number of rotatable bonds is 0. The first-order valence-corrected chi connectivity index (χ1v) is 4.58. The van der Waals surface area contributed by atoms with E-state index in [2.05, 4.69) is 11.9 Å². The van der Waals surface area contributed by atoms with Crippen molar-refractivity contribution >= 4 is 0 Å². The topological polar surface area (TPSA) is 3.24 Å². The molecule has 0 radical (unpaired) electrons. The lowest BCUT2D eigenvalue weighted by atomic mass is 9.68. The third-order valence-electron chi connectivity index (χ3n) is 3.25. The third-order valence-corrected chi connectivity index (χ3v) is 3.25. The molecule has 2 rings (SSSR count). The predicted octanol–water partition coefficient (Wildman–Crippen LogP) is 2.13. The molecule has 0 bridgehead atoms. The summed E-state index contributed by atoms with van der Waals surface area (Å²) in [4.78, 5) is 2.21. The Morgan fingerprint density at radius 1 is 1.00 bits per heavy atom. The van der Waals surface area contributed by atoms with Gasteiger partial charge in [0.05, 0.1) is 0 Å². The van der Waals surface area contributed by atoms with Crippen LogP contribution in [0.4, 0.5) is 8.78 Å². The van der Waals surface area contributed by atoms with Gasteiger partial charge in [0, 0.05) is 25.9 Å². The molecule has 0 aromatic rings. The molecule has 0 amide bonds. The van der Waals surface area contributed by atoms with Crippen LogP contribution in [0, 0.1) is 5.41 Å². The number of hydrogen-bond acceptors (Lipinski definition) is 1. The maximum atomic E-state index is 12.8. The fourth-order valence-electron chi connectivity index (χ4n) is 2.56. The molecule has 3 heteroatoms. The Bertz CT molecular complexity index is 173. The quantitative estimate of drug-likeness (QED) is 0.545. The molecular weight excluding hydrogens is 160 g/mol. The lowest BCUT2D eigenvalue weighted by Gasteiger charge is -2.52. The summed E-state index contributed by atoms with van der Waals surface area (Å²) in [7, 11) is 2.05. The van der Waals surface area contributed by atoms with Crippen molar-refractivity contribution in [1.82, 2.24) is 4.90 Å². The second-order valence-electron chi connectivity index (χ2n) is 4.53. The number of hydrogen-bond donors (Lipinski definition) is 0. The molecule has 1 nitrogen and oxygen atoms in total. The van der Waals surface area contributed by atoms with Gasteiger partial charge < -0.3 is 4.90 Å². The molecule has 1 heterocycles. The van der Waals surface area contributed by atoms with Gasteiger partial charge in [0.1, 0.15) is 0 Å². The zero-order valence-electron chi connectivity index (χ0n) is 7.45. The van der Waals surface area contributed by atoms with Crippen LogP contribution in [0.3, 0.4) is 0 Å². The van der Waals surface area contributed by atoms with Crippen molar-refractivity contribution in [2.24, 2.45) is 5.41 Å². The minimum atomic E-state index is -2.36. The average molecular weight is 175 g/mol. The Kier molecular flexibility index (Phi) is 1.69. The van der Waals surface area contributed by atoms with Crippen molar-refractivity contribution in [3.63, 3.8) is 0 Å². The molecule has 1 saturated heterocycles. The zero-order valence-corrected chi connectivity index (χ0v) is 7.45. The summed E-state index contributed by atoms with van der Waals surface area (Å²) in [5, 5.41) is 0. The Labute approximate surface area is 71.7 Å². The summed E-state index contributed by atoms with van der Waals surface area (Å²) in [6.07, 6.45) is 1.68. The van der Waals surface area contributed by atoms with Crippen LogP contribution in [0.5, 0.6) is 0 Å². The molecule has 12 heavy (non-hydrogen) atoms. The van der Waals surface area contributed by atoms with Crippen molar-refractivity contribution in [1.29, 1.82) is 0 Å². The van der Waals surface area contributed by atoms with Crippen molar-refractivity contribution in [2.75, 3.05) is 20.1 Å². The van der Waals surface area contributed by atoms with E-state index in [0.29, 0.717) is 0 Å². The molecule has 0 unspecified atom stereocenters. The fraction of sp³-hybridized carbons (Fsp3) is 1.00. The van der Waals surface area contributed by atoms with E-state index in [1.807, 2.05) is 0 Å². The van der Waals surface area contributed by atoms with Crippen LogP contribution in [0.25, 0.3) is 0 Å². The molecule has 70 valence electrons. The largest absolute Gasteiger partial charge is 0.305 e. The van der Waals surface area contributed by atoms with E-state index in [9.17, 15) is 8.78 Å². The van der Waals surface area contributed by atoms with E-state index < -0.39 is 5.92 Å². The number of nitrogens with zero attached hydrogens (tertiary/aromatic N) is 1. The van der Waals surface area contributed by atoms with Gasteiger partial charge in [-0.1, -0.05) is 0 Å². The van der Waals surface area contributed by atoms with Gasteiger partial charge in [0.25, 0.3) is 0 Å². The molecule has 0 aromatic heterocycles. The monoisotopic (exact) mass is 175 g/mol. The molecule has 1 saturated carbocycles. The van der Waals surface area contributed by atoms with E-state index in [1.54, 1.807) is 0 Å². The summed E-state index contributed by atoms with van der Waals surface area (Å²) >= 11 is 0. The van der Waals surface area contributed by atoms with Crippen LogP contribution in [0.1, 0.15) is 25.7 Å². The van der Waals surface area contributed by atoms with Crippen LogP contribution >= 0.6 is 0 Å². The van der Waals surface area contributed by atoms with Gasteiger partial charge in [-0.2, -0.15) is 0 Å². The highest BCUT2D eigenvalue weighted by Gasteiger charge is 2.48. The first-order chi connectivity index (χ1) is 5.52. The lowest BCUT2D eigenvalue weighted by molar-refractivity contribution is -0.106. The summed E-state index contributed by atoms with van der Waals surface area (Å²) in [6.45, 7) is 2.06. The summed E-state index contributed by atoms with van der Waals surface area (Å²) in [6, 6.07) is 0. The van der Waals surface area contributed by atoms with E-state index >= 15 is 0 Å². The minimum absolute atomic E-state index is 0.112. The zero-order chi connectivity index (χ0) is 8.82. The fourth-order valence-corrected chi connectivity index (χ4v) is 2.56. The maximum absolute atomic E-state index is 12.8. The van der Waals surface area contributed by atoms with Gasteiger partial charge in [-0.25, -0.2) is 8.78 Å². The Balaban J connectivity index is 1.91. The van der Waals surface area contributed by atoms with Crippen molar-refractivity contribution < 1.29 is 8.78 Å². The molecule has 1 spiro atoms. The molecular formula is C9H15F2N. The number of likely N-dealkylation sites (tertiary alicyclic amines) is 1. The van der Waals surface area contributed by atoms with Crippen LogP contribution in [0.15, 0.2) is 0 Å². The van der Waals surface area contributed by atoms with Crippen molar-refractivity contribution in [2.45, 2.75) is 31.6 Å². The molecule has 0 atom stereocenters. The molecule has 2 aliphatic rings. The smallest absolute Gasteiger partial charge is 0.248 e. The first-order valence-electron chi connectivity index (χ1n) is 4.58. The average Bonchev–Trinajstić information content (AvgIpc) is 1.92. The molecule has 0 aromatic carbocycles. The highest BCUT2D eigenvalue weighted by Crippen LogP contribution is 2.47. The molecule has 1 aliphatic heterocycles. The SMILES string of the molecule is CN1CC2(CCC(F)(F)CC2)C1. The summed E-state index contributed by atoms with van der Waals surface area (Å²) < 4.78 is 25.6. The predicted molar refractivity (Wildman–Crippen MR) is 43.3 cm³/mol. The Morgan fingerprint density at radius 2 is 1.50 bits per heavy atom. The Hall–Kier alpha value is -0.180. The number of alkyl halides is 2. The molecule has 2 fully saturated rings. The van der Waals surface area contributed by atoms with Crippen LogP contribution in [-0.4, -0.2) is 31.0 Å². The normalized spacial score (nSPS) is 33.2. The third kappa shape index (κ3) is 1.35. The first kappa shape index (κ1) is 8.42. The van der Waals surface area contributed by atoms with Gasteiger partial charge in [-0.05, 0) is 25.3 Å². The second-order valence-corrected chi connectivity index (χ2v) is 4.53. The van der Waals surface area contributed by atoms with E-state index in [4.69, 9.17) is 0 Å². The molecule has 0 N–H and O–H groups in total. The van der Waals surface area contributed by atoms with Crippen molar-refractivity contribution in [3.8, 4) is 0 Å². The standard InChI is InChI=1S/C9H15F2N/c1-12-6-8(7-12)2-4-9(10,11)5-3-8/h2-7H2,1H3. The van der Waals surface area contributed by atoms with E-state index in [0.717, 1.165) is 25.9 Å². The van der Waals surface area contributed by atoms with Gasteiger partial charge in [-0.3, -0.25) is 0 Å². The van der Waals surface area contributed by atoms with E-state index in [-0.39, 0.29) is 18.3 Å². The van der Waals surface area contributed by atoms with Crippen LogP contribution in [0.2, 0.25) is 0 Å². The van der Waals surface area contributed by atoms with Gasteiger partial charge >= 0.3 is 0 Å². The van der Waals surface area contributed by atoms with Gasteiger partial charge in [0.15, 0.2) is 0 Å². The highest BCUT2D eigenvalue weighted by atomic mass is 19.3. The van der Waals surface area contributed by atoms with Gasteiger partial charge in [0.2, 0.25) is 5.92 Å². The number of halogens is 2. The van der Waals surface area contributed by atoms with Crippen molar-refractivity contribution in [3.05, 3.63) is 0 Å². The van der Waals surface area contributed by atoms with Gasteiger partial charge in [-0.15, -0.1) is 0 Å². The molecule has 1 aliphatic carbocycles. The van der Waals surface area contributed by atoms with E-state index in [1.165, 1.54) is 0 Å². The maximum Gasteiger partial charge on any atom is 0.248 e. The summed E-state index contributed by atoms with van der Waals surface area (Å²) in [5.74, 6) is -2.36.